The molecule has 5 aliphatic heterocycles. The average Bonchev–Trinajstić information content (AvgIpc) is 3.63. The minimum atomic E-state index is 0.214. The van der Waals surface area contributed by atoms with E-state index in [2.05, 4.69) is 54.3 Å². The summed E-state index contributed by atoms with van der Waals surface area (Å²) in [6.07, 6.45) is 8.06. The molecule has 5 aliphatic rings. The van der Waals surface area contributed by atoms with E-state index in [1.807, 2.05) is 17.3 Å². The van der Waals surface area contributed by atoms with Crippen LogP contribution < -0.4 is 15.1 Å². The molecule has 2 unspecified atom stereocenters. The number of nitrogens with one attached hydrogen (secondary N) is 2. The Balaban J connectivity index is 1.12. The molecule has 0 aromatic carbocycles. The maximum Gasteiger partial charge on any atom is 0.320 e. The van der Waals surface area contributed by atoms with Gasteiger partial charge in [-0.25, -0.2) is 19.7 Å². The zero-order valence-corrected chi connectivity index (χ0v) is 21.3. The van der Waals surface area contributed by atoms with Crippen LogP contribution in [0.5, 0.6) is 0 Å². The molecular weight excluding hydrogens is 468 g/mol. The van der Waals surface area contributed by atoms with Crippen molar-refractivity contribution in [2.45, 2.75) is 50.7 Å². The number of pyridine rings is 1. The van der Waals surface area contributed by atoms with Gasteiger partial charge >= 0.3 is 6.03 Å². The predicted molar refractivity (Wildman–Crippen MR) is 142 cm³/mol. The molecule has 0 spiro atoms. The number of piperazine rings is 2. The van der Waals surface area contributed by atoms with Crippen molar-refractivity contribution >= 4 is 28.8 Å². The smallest absolute Gasteiger partial charge is 0.320 e. The summed E-state index contributed by atoms with van der Waals surface area (Å²) < 4.78 is 0. The lowest BCUT2D eigenvalue weighted by Gasteiger charge is -2.52. The molecule has 5 saturated heterocycles. The van der Waals surface area contributed by atoms with E-state index in [1.54, 1.807) is 0 Å². The van der Waals surface area contributed by atoms with Crippen LogP contribution in [0.1, 0.15) is 32.6 Å². The third-order valence-corrected chi connectivity index (χ3v) is 8.41. The highest BCUT2D eigenvalue weighted by Crippen LogP contribution is 2.34. The second-order valence-corrected chi connectivity index (χ2v) is 10.9. The number of amides is 2. The molecule has 0 aliphatic carbocycles. The summed E-state index contributed by atoms with van der Waals surface area (Å²) >= 11 is 0. The lowest BCUT2D eigenvalue weighted by atomic mass is 9.91. The molecule has 0 radical (unpaired) electrons. The van der Waals surface area contributed by atoms with Crippen LogP contribution in [0.25, 0.3) is 22.3 Å². The monoisotopic (exact) mass is 502 g/mol. The van der Waals surface area contributed by atoms with Gasteiger partial charge in [-0.1, -0.05) is 0 Å². The fourth-order valence-corrected chi connectivity index (χ4v) is 6.39. The van der Waals surface area contributed by atoms with Crippen molar-refractivity contribution in [3.63, 3.8) is 0 Å². The van der Waals surface area contributed by atoms with E-state index in [1.165, 1.54) is 0 Å². The number of carbonyl (C=O) groups excluding carboxylic acids is 1. The largest absolute Gasteiger partial charge is 0.354 e. The molecule has 3 atom stereocenters. The molecule has 3 aromatic heterocycles. The number of H-pyrrole nitrogens is 1. The Labute approximate surface area is 216 Å². The van der Waals surface area contributed by atoms with Crippen molar-refractivity contribution in [3.8, 4) is 11.3 Å². The predicted octanol–water partition coefficient (Wildman–Crippen LogP) is 2.08. The lowest BCUT2D eigenvalue weighted by Crippen LogP contribution is -2.66. The maximum atomic E-state index is 13.1. The number of nitrogens with zero attached hydrogens (tertiary/aromatic N) is 8. The molecule has 3 aromatic rings. The van der Waals surface area contributed by atoms with Crippen LogP contribution in [0.2, 0.25) is 0 Å². The topological polar surface area (TPSA) is 109 Å². The third kappa shape index (κ3) is 4.05. The zero-order valence-electron chi connectivity index (χ0n) is 21.3. The molecule has 8 rings (SSSR count). The van der Waals surface area contributed by atoms with E-state index in [0.717, 1.165) is 106 Å². The van der Waals surface area contributed by atoms with Gasteiger partial charge in [0.1, 0.15) is 22.5 Å². The van der Waals surface area contributed by atoms with Crippen LogP contribution in [0, 0.1) is 0 Å². The van der Waals surface area contributed by atoms with Gasteiger partial charge in [-0.3, -0.25) is 5.10 Å². The molecule has 11 heteroatoms. The molecule has 2 bridgehead atoms. The van der Waals surface area contributed by atoms with Crippen molar-refractivity contribution in [1.82, 2.24) is 40.3 Å². The minimum Gasteiger partial charge on any atom is -0.354 e. The second kappa shape index (κ2) is 9.13. The summed E-state index contributed by atoms with van der Waals surface area (Å²) in [6.45, 7) is 8.39. The molecule has 0 saturated carbocycles. The van der Waals surface area contributed by atoms with Gasteiger partial charge < -0.3 is 24.9 Å². The Kier molecular flexibility index (Phi) is 5.60. The van der Waals surface area contributed by atoms with E-state index in [-0.39, 0.29) is 18.1 Å². The number of aromatic amines is 1. The Hall–Kier alpha value is -3.47. The minimum absolute atomic E-state index is 0.214. The molecule has 2 N–H and O–H groups in total. The van der Waals surface area contributed by atoms with Gasteiger partial charge in [0.25, 0.3) is 0 Å². The van der Waals surface area contributed by atoms with Gasteiger partial charge in [0, 0.05) is 69.7 Å². The Bertz CT molecular complexity index is 1290. The molecule has 37 heavy (non-hydrogen) atoms. The molecular formula is C26H34N10O. The fourth-order valence-electron chi connectivity index (χ4n) is 6.39. The molecule has 2 amide bonds. The number of piperidine rings is 2. The normalized spacial score (nSPS) is 25.9. The Morgan fingerprint density at radius 2 is 1.86 bits per heavy atom. The summed E-state index contributed by atoms with van der Waals surface area (Å²) in [5, 5.41) is 11.1. The molecule has 8 heterocycles. The van der Waals surface area contributed by atoms with Crippen molar-refractivity contribution in [1.29, 1.82) is 0 Å². The highest BCUT2D eigenvalue weighted by atomic mass is 16.2. The first kappa shape index (κ1) is 22.7. The number of urea groups is 1. The fraction of sp³-hybridized carbons (Fsp3) is 0.577. The first-order chi connectivity index (χ1) is 18.1. The summed E-state index contributed by atoms with van der Waals surface area (Å²) in [5.41, 5.74) is 3.35. The standard InChI is InChI=1S/C26H34N10O/c1-17-14-34(11-8-27-17)22-7-4-18(12-28-22)23-24-21(31-32-23)13-29-25(30-24)35-15-20-6-5-19(35)16-36(20)26(37)33-9-2-3-10-33/h4,7,12-13,17,19-20,27H,2-3,5-6,8-11,14-16H2,1H3,(H,31,32)/t17-,19?,20?/m1/s1. The van der Waals surface area contributed by atoms with Gasteiger partial charge in [-0.15, -0.1) is 0 Å². The van der Waals surface area contributed by atoms with E-state index in [0.29, 0.717) is 6.04 Å². The second-order valence-electron chi connectivity index (χ2n) is 10.9. The third-order valence-electron chi connectivity index (χ3n) is 8.41. The summed E-state index contributed by atoms with van der Waals surface area (Å²) in [6, 6.07) is 5.28. The lowest BCUT2D eigenvalue weighted by molar-refractivity contribution is 0.0929. The summed E-state index contributed by atoms with van der Waals surface area (Å²) in [7, 11) is 0. The van der Waals surface area contributed by atoms with Crippen LogP contribution in [0.15, 0.2) is 24.5 Å². The first-order valence-corrected chi connectivity index (χ1v) is 13.6. The number of aromatic nitrogens is 5. The van der Waals surface area contributed by atoms with Gasteiger partial charge in [0.15, 0.2) is 0 Å². The van der Waals surface area contributed by atoms with Gasteiger partial charge in [-0.05, 0) is 44.7 Å². The summed E-state index contributed by atoms with van der Waals surface area (Å²) in [4.78, 5) is 36.3. The number of anilines is 2. The van der Waals surface area contributed by atoms with Crippen molar-refractivity contribution in [2.24, 2.45) is 0 Å². The van der Waals surface area contributed by atoms with Crippen LogP contribution in [0.4, 0.5) is 16.6 Å². The Morgan fingerprint density at radius 3 is 2.62 bits per heavy atom. The van der Waals surface area contributed by atoms with E-state index < -0.39 is 0 Å². The van der Waals surface area contributed by atoms with Gasteiger partial charge in [-0.2, -0.15) is 5.10 Å². The first-order valence-electron chi connectivity index (χ1n) is 13.6. The number of likely N-dealkylation sites (tertiary alicyclic amines) is 1. The van der Waals surface area contributed by atoms with Crippen molar-refractivity contribution in [3.05, 3.63) is 24.5 Å². The zero-order chi connectivity index (χ0) is 24.9. The van der Waals surface area contributed by atoms with Crippen molar-refractivity contribution < 1.29 is 4.79 Å². The quantitative estimate of drug-likeness (QED) is 0.560. The van der Waals surface area contributed by atoms with E-state index in [4.69, 9.17) is 9.97 Å². The van der Waals surface area contributed by atoms with Gasteiger partial charge in [0.05, 0.1) is 12.2 Å². The van der Waals surface area contributed by atoms with Crippen LogP contribution in [-0.2, 0) is 0 Å². The summed E-state index contributed by atoms with van der Waals surface area (Å²) in [5.74, 6) is 1.71. The maximum absolute atomic E-state index is 13.1. The molecule has 11 nitrogen and oxygen atoms in total. The number of rotatable bonds is 3. The number of hydrogen-bond donors (Lipinski definition) is 2. The van der Waals surface area contributed by atoms with E-state index >= 15 is 0 Å². The number of hydrogen-bond acceptors (Lipinski definition) is 8. The molecule has 5 fully saturated rings. The van der Waals surface area contributed by atoms with E-state index in [9.17, 15) is 4.79 Å². The highest BCUT2D eigenvalue weighted by molar-refractivity contribution is 5.89. The Morgan fingerprint density at radius 1 is 1.00 bits per heavy atom. The van der Waals surface area contributed by atoms with Crippen LogP contribution >= 0.6 is 0 Å². The SMILES string of the molecule is C[C@@H]1CN(c2ccc(-c3n[nH]c4cnc(N5CC6CCC5CN6C(=O)N5CCCC5)nc34)cn2)CCN1. The van der Waals surface area contributed by atoms with Gasteiger partial charge in [0.2, 0.25) is 5.95 Å². The average molecular weight is 503 g/mol. The molecule has 194 valence electrons. The number of fused-ring (bicyclic) bond motifs is 4. The highest BCUT2D eigenvalue weighted by Gasteiger charge is 2.43. The van der Waals surface area contributed by atoms with Crippen LogP contribution in [0.3, 0.4) is 0 Å². The van der Waals surface area contributed by atoms with Crippen molar-refractivity contribution in [2.75, 3.05) is 55.6 Å². The number of carbonyl (C=O) groups is 1. The van der Waals surface area contributed by atoms with Crippen LogP contribution in [-0.4, -0.2) is 105 Å².